The molecule has 0 aliphatic rings. The number of benzene rings is 3. The summed E-state index contributed by atoms with van der Waals surface area (Å²) in [7, 11) is 0. The van der Waals surface area contributed by atoms with Gasteiger partial charge in [-0.15, -0.1) is 0 Å². The molecule has 0 saturated heterocycles. The number of rotatable bonds is 8. The molecule has 0 heterocycles. The first kappa shape index (κ1) is 19.8. The molecule has 3 aromatic rings. The Morgan fingerprint density at radius 2 is 1.18 bits per heavy atom. The fraction of sp³-hybridized carbons (Fsp3) is 0.208. The summed E-state index contributed by atoms with van der Waals surface area (Å²) < 4.78 is 0. The number of carboxylic acid groups (broad SMARTS) is 1. The van der Waals surface area contributed by atoms with Crippen molar-refractivity contribution in [1.82, 2.24) is 5.32 Å². The summed E-state index contributed by atoms with van der Waals surface area (Å²) in [6.45, 7) is 1.78. The Morgan fingerprint density at radius 3 is 1.46 bits per heavy atom. The smallest absolute Gasteiger partial charge is 0.323 e. The van der Waals surface area contributed by atoms with Crippen LogP contribution in [0.15, 0.2) is 91.0 Å². The molecule has 0 bridgehead atoms. The van der Waals surface area contributed by atoms with E-state index >= 15 is 0 Å². The van der Waals surface area contributed by atoms with Gasteiger partial charge in [-0.25, -0.2) is 0 Å². The third-order valence-corrected chi connectivity index (χ3v) is 5.06. The highest BCUT2D eigenvalue weighted by atomic mass is 16.4. The average molecular weight is 375 g/mol. The molecule has 0 spiro atoms. The molecule has 28 heavy (non-hydrogen) atoms. The van der Waals surface area contributed by atoms with Crippen LogP contribution >= 0.6 is 0 Å². The van der Waals surface area contributed by atoms with Crippen LogP contribution in [0.5, 0.6) is 0 Å². The molecule has 0 radical (unpaired) electrons. The van der Waals surface area contributed by atoms with Crippen LogP contribution in [0.25, 0.3) is 0 Å². The van der Waals surface area contributed by atoms with Crippen LogP contribution in [-0.4, -0.2) is 28.3 Å². The Balaban J connectivity index is 2.29. The highest BCUT2D eigenvalue weighted by Gasteiger charge is 2.41. The number of hydrogen-bond donors (Lipinski definition) is 3. The second-order valence-electron chi connectivity index (χ2n) is 6.78. The van der Waals surface area contributed by atoms with Crippen molar-refractivity contribution in [2.24, 2.45) is 0 Å². The molecule has 3 rings (SSSR count). The van der Waals surface area contributed by atoms with Crippen LogP contribution in [0, 0.1) is 0 Å². The first-order chi connectivity index (χ1) is 13.6. The number of hydrogen-bond acceptors (Lipinski definition) is 3. The van der Waals surface area contributed by atoms with Crippen LogP contribution in [0.3, 0.4) is 0 Å². The Kier molecular flexibility index (Phi) is 6.24. The molecule has 3 aromatic carbocycles. The number of carbonyl (C=O) groups is 1. The zero-order valence-electron chi connectivity index (χ0n) is 15.8. The summed E-state index contributed by atoms with van der Waals surface area (Å²) in [6.07, 6.45) is -0.689. The van der Waals surface area contributed by atoms with Crippen LogP contribution < -0.4 is 5.32 Å². The van der Waals surface area contributed by atoms with Gasteiger partial charge in [-0.1, -0.05) is 97.9 Å². The van der Waals surface area contributed by atoms with Crippen molar-refractivity contribution in [2.45, 2.75) is 31.0 Å². The van der Waals surface area contributed by atoms with E-state index in [1.54, 1.807) is 6.92 Å². The van der Waals surface area contributed by atoms with Crippen molar-refractivity contribution in [2.75, 3.05) is 0 Å². The van der Waals surface area contributed by atoms with Gasteiger partial charge in [0, 0.05) is 0 Å². The monoisotopic (exact) mass is 375 g/mol. The van der Waals surface area contributed by atoms with Crippen molar-refractivity contribution in [3.05, 3.63) is 108 Å². The molecule has 4 heteroatoms. The molecule has 0 saturated carbocycles. The van der Waals surface area contributed by atoms with Gasteiger partial charge in [0.2, 0.25) is 0 Å². The summed E-state index contributed by atoms with van der Waals surface area (Å²) >= 11 is 0. The number of aliphatic hydroxyl groups is 1. The fourth-order valence-corrected chi connectivity index (χ4v) is 3.61. The van der Waals surface area contributed by atoms with E-state index in [0.717, 1.165) is 16.7 Å². The third-order valence-electron chi connectivity index (χ3n) is 5.06. The number of aliphatic carboxylic acids is 1. The molecular weight excluding hydrogens is 350 g/mol. The minimum absolute atomic E-state index is 0.332. The minimum Gasteiger partial charge on any atom is -0.480 e. The van der Waals surface area contributed by atoms with E-state index in [-0.39, 0.29) is 0 Å². The highest BCUT2D eigenvalue weighted by Crippen LogP contribution is 2.37. The Hall–Kier alpha value is -2.95. The Bertz CT molecular complexity index is 785. The first-order valence-corrected chi connectivity index (χ1v) is 9.44. The lowest BCUT2D eigenvalue weighted by Gasteiger charge is -2.40. The Labute approximate surface area is 165 Å². The molecule has 0 unspecified atom stereocenters. The van der Waals surface area contributed by atoms with Gasteiger partial charge in [-0.3, -0.25) is 10.1 Å². The molecule has 0 fully saturated rings. The maximum Gasteiger partial charge on any atom is 0.323 e. The second-order valence-corrected chi connectivity index (χ2v) is 6.78. The van der Waals surface area contributed by atoms with E-state index in [0.29, 0.717) is 6.42 Å². The van der Waals surface area contributed by atoms with Gasteiger partial charge in [-0.2, -0.15) is 0 Å². The predicted molar refractivity (Wildman–Crippen MR) is 110 cm³/mol. The van der Waals surface area contributed by atoms with Gasteiger partial charge in [0.25, 0.3) is 0 Å². The molecule has 0 aromatic heterocycles. The van der Waals surface area contributed by atoms with E-state index in [4.69, 9.17) is 0 Å². The van der Waals surface area contributed by atoms with Crippen LogP contribution in [-0.2, 0) is 10.3 Å². The lowest BCUT2D eigenvalue weighted by Crippen LogP contribution is -2.56. The first-order valence-electron chi connectivity index (χ1n) is 9.44. The van der Waals surface area contributed by atoms with E-state index in [9.17, 15) is 15.0 Å². The predicted octanol–water partition coefficient (Wildman–Crippen LogP) is 3.79. The van der Waals surface area contributed by atoms with Crippen LogP contribution in [0.4, 0.5) is 0 Å². The summed E-state index contributed by atoms with van der Waals surface area (Å²) in [5, 5.41) is 23.6. The largest absolute Gasteiger partial charge is 0.480 e. The van der Waals surface area contributed by atoms with Crippen molar-refractivity contribution in [3.63, 3.8) is 0 Å². The maximum atomic E-state index is 12.0. The minimum atomic E-state index is -1.13. The fourth-order valence-electron chi connectivity index (χ4n) is 3.61. The van der Waals surface area contributed by atoms with Crippen molar-refractivity contribution >= 4 is 5.97 Å². The molecule has 4 nitrogen and oxygen atoms in total. The second kappa shape index (κ2) is 8.83. The molecule has 0 aliphatic carbocycles. The van der Waals surface area contributed by atoms with E-state index in [1.807, 2.05) is 91.0 Å². The number of aliphatic hydroxyl groups excluding tert-OH is 1. The normalized spacial score (nSPS) is 13.6. The summed E-state index contributed by atoms with van der Waals surface area (Å²) in [6, 6.07) is 28.1. The van der Waals surface area contributed by atoms with Crippen molar-refractivity contribution in [3.8, 4) is 0 Å². The Morgan fingerprint density at radius 1 is 0.821 bits per heavy atom. The van der Waals surface area contributed by atoms with Gasteiger partial charge in [0.1, 0.15) is 6.04 Å². The SMILES string of the molecule is CC[C@H](O)[C@H](NC(c1ccccc1)(c1ccccc1)c1ccccc1)C(=O)O. The zero-order valence-corrected chi connectivity index (χ0v) is 15.8. The van der Waals surface area contributed by atoms with Crippen LogP contribution in [0.1, 0.15) is 30.0 Å². The van der Waals surface area contributed by atoms with Crippen molar-refractivity contribution < 1.29 is 15.0 Å². The summed E-state index contributed by atoms with van der Waals surface area (Å²) in [5.74, 6) is -1.08. The maximum absolute atomic E-state index is 12.0. The highest BCUT2D eigenvalue weighted by molar-refractivity contribution is 5.75. The zero-order chi connectivity index (χ0) is 20.0. The summed E-state index contributed by atoms with van der Waals surface area (Å²) in [4.78, 5) is 12.0. The van der Waals surface area contributed by atoms with Gasteiger partial charge in [0.05, 0.1) is 11.6 Å². The van der Waals surface area contributed by atoms with E-state index < -0.39 is 23.7 Å². The number of carboxylic acids is 1. The van der Waals surface area contributed by atoms with E-state index in [2.05, 4.69) is 5.32 Å². The lowest BCUT2D eigenvalue weighted by molar-refractivity contribution is -0.143. The molecule has 2 atom stereocenters. The summed E-state index contributed by atoms with van der Waals surface area (Å²) in [5.41, 5.74) is 1.79. The van der Waals surface area contributed by atoms with Crippen molar-refractivity contribution in [1.29, 1.82) is 0 Å². The average Bonchev–Trinajstić information content (AvgIpc) is 2.76. The standard InChI is InChI=1S/C24H25NO3/c1-2-21(26)22(23(27)28)25-24(18-12-6-3-7-13-18,19-14-8-4-9-15-19)20-16-10-5-11-17-20/h3-17,21-22,25-26H,2H2,1H3,(H,27,28)/t21-,22-/m0/s1. The third kappa shape index (κ3) is 3.84. The van der Waals surface area contributed by atoms with Gasteiger partial charge >= 0.3 is 5.97 Å². The molecular formula is C24H25NO3. The topological polar surface area (TPSA) is 69.6 Å². The molecule has 0 amide bonds. The number of nitrogens with one attached hydrogen (secondary N) is 1. The van der Waals surface area contributed by atoms with Gasteiger partial charge < -0.3 is 10.2 Å². The molecule has 144 valence electrons. The van der Waals surface area contributed by atoms with Gasteiger partial charge in [-0.05, 0) is 23.1 Å². The molecule has 0 aliphatic heterocycles. The molecule has 3 N–H and O–H groups in total. The van der Waals surface area contributed by atoms with Gasteiger partial charge in [0.15, 0.2) is 0 Å². The lowest BCUT2D eigenvalue weighted by atomic mass is 9.76. The quantitative estimate of drug-likeness (QED) is 0.524. The van der Waals surface area contributed by atoms with E-state index in [1.165, 1.54) is 0 Å². The van der Waals surface area contributed by atoms with Crippen LogP contribution in [0.2, 0.25) is 0 Å².